The number of aliphatic hydroxyl groups is 3. The lowest BCUT2D eigenvalue weighted by atomic mass is 10.1. The third-order valence-electron chi connectivity index (χ3n) is 3.64. The second-order valence-electron chi connectivity index (χ2n) is 5.62. The molecule has 4 N–H and O–H groups in total. The molecule has 132 valence electrons. The van der Waals surface area contributed by atoms with Crippen LogP contribution in [-0.2, 0) is 9.53 Å². The van der Waals surface area contributed by atoms with E-state index < -0.39 is 12.4 Å². The van der Waals surface area contributed by atoms with Gasteiger partial charge in [-0.15, -0.1) is 0 Å². The minimum Gasteiger partial charge on any atom is -0.390 e. The zero-order chi connectivity index (χ0) is 16.8. The van der Waals surface area contributed by atoms with Crippen LogP contribution < -0.4 is 5.32 Å². The lowest BCUT2D eigenvalue weighted by Crippen LogP contribution is -2.34. The van der Waals surface area contributed by atoms with Crippen molar-refractivity contribution in [1.29, 1.82) is 0 Å². The van der Waals surface area contributed by atoms with E-state index in [9.17, 15) is 9.90 Å². The molecule has 0 bridgehead atoms. The van der Waals surface area contributed by atoms with Crippen molar-refractivity contribution >= 4 is 5.91 Å². The van der Waals surface area contributed by atoms with Crippen LogP contribution in [0.5, 0.6) is 0 Å². The van der Waals surface area contributed by atoms with E-state index in [0.717, 1.165) is 32.1 Å². The first-order chi connectivity index (χ1) is 10.5. The molecule has 0 saturated heterocycles. The first-order valence-corrected chi connectivity index (χ1v) is 8.43. The van der Waals surface area contributed by atoms with Crippen molar-refractivity contribution in [2.45, 2.75) is 83.7 Å². The molecule has 22 heavy (non-hydrogen) atoms. The van der Waals surface area contributed by atoms with Crippen molar-refractivity contribution in [2.75, 3.05) is 13.2 Å². The lowest BCUT2D eigenvalue weighted by molar-refractivity contribution is -0.130. The fourth-order valence-corrected chi connectivity index (χ4v) is 2.21. The Hall–Kier alpha value is -0.690. The SMILES string of the molecule is CCC(O)C(CC)OCC(=O)NCCCCCCCC(O)O. The highest BCUT2D eigenvalue weighted by Crippen LogP contribution is 2.08. The molecule has 0 heterocycles. The molecule has 1 amide bonds. The molecule has 0 fully saturated rings. The van der Waals surface area contributed by atoms with Crippen LogP contribution in [0.2, 0.25) is 0 Å². The summed E-state index contributed by atoms with van der Waals surface area (Å²) in [6, 6.07) is 0. The summed E-state index contributed by atoms with van der Waals surface area (Å²) >= 11 is 0. The molecule has 0 saturated carbocycles. The second kappa shape index (κ2) is 13.9. The molecule has 0 radical (unpaired) electrons. The molecule has 0 aromatic heterocycles. The van der Waals surface area contributed by atoms with Gasteiger partial charge in [0.05, 0.1) is 12.2 Å². The maximum absolute atomic E-state index is 11.6. The Kier molecular flexibility index (Phi) is 13.5. The number of carbonyl (C=O) groups is 1. The van der Waals surface area contributed by atoms with Gasteiger partial charge in [0.1, 0.15) is 6.61 Å². The second-order valence-corrected chi connectivity index (χ2v) is 5.62. The van der Waals surface area contributed by atoms with Crippen LogP contribution >= 0.6 is 0 Å². The summed E-state index contributed by atoms with van der Waals surface area (Å²) in [5.74, 6) is -0.148. The van der Waals surface area contributed by atoms with Gasteiger partial charge < -0.3 is 25.4 Å². The Morgan fingerprint density at radius 3 is 2.23 bits per heavy atom. The lowest BCUT2D eigenvalue weighted by Gasteiger charge is -2.20. The Morgan fingerprint density at radius 2 is 1.64 bits per heavy atom. The van der Waals surface area contributed by atoms with Crippen LogP contribution in [0.4, 0.5) is 0 Å². The highest BCUT2D eigenvalue weighted by atomic mass is 16.5. The van der Waals surface area contributed by atoms with Crippen LogP contribution in [0.3, 0.4) is 0 Å². The molecule has 0 aliphatic heterocycles. The third kappa shape index (κ3) is 11.9. The summed E-state index contributed by atoms with van der Waals surface area (Å²) in [6.07, 6.45) is 4.47. The largest absolute Gasteiger partial charge is 0.390 e. The van der Waals surface area contributed by atoms with E-state index in [4.69, 9.17) is 14.9 Å². The Balaban J connectivity index is 3.50. The van der Waals surface area contributed by atoms with Crippen LogP contribution in [0.15, 0.2) is 0 Å². The predicted octanol–water partition coefficient (Wildman–Crippen LogP) is 1.32. The number of aliphatic hydroxyl groups excluding tert-OH is 2. The van der Waals surface area contributed by atoms with Crippen molar-refractivity contribution in [3.05, 3.63) is 0 Å². The van der Waals surface area contributed by atoms with Gasteiger partial charge in [-0.25, -0.2) is 0 Å². The van der Waals surface area contributed by atoms with E-state index in [1.807, 2.05) is 13.8 Å². The Bertz CT molecular complexity index is 273. The van der Waals surface area contributed by atoms with Crippen molar-refractivity contribution in [3.63, 3.8) is 0 Å². The molecule has 0 aromatic carbocycles. The van der Waals surface area contributed by atoms with Crippen LogP contribution in [0, 0.1) is 0 Å². The average molecular weight is 319 g/mol. The van der Waals surface area contributed by atoms with Gasteiger partial charge in [-0.3, -0.25) is 4.79 Å². The highest BCUT2D eigenvalue weighted by Gasteiger charge is 2.17. The summed E-state index contributed by atoms with van der Waals surface area (Å²) in [4.78, 5) is 11.6. The normalized spacial score (nSPS) is 14.1. The molecule has 0 rings (SSSR count). The van der Waals surface area contributed by atoms with Gasteiger partial charge in [-0.2, -0.15) is 0 Å². The standard InChI is InChI=1S/C16H33NO5/c1-3-13(18)14(4-2)22-12-15(19)17-11-9-7-5-6-8-10-16(20)21/h13-14,16,18,20-21H,3-12H2,1-2H3,(H,17,19). The van der Waals surface area contributed by atoms with Crippen LogP contribution in [0.25, 0.3) is 0 Å². The zero-order valence-electron chi connectivity index (χ0n) is 14.0. The minimum absolute atomic E-state index is 0.00997. The molecule has 6 heteroatoms. The maximum Gasteiger partial charge on any atom is 0.246 e. The number of carbonyl (C=O) groups excluding carboxylic acids is 1. The summed E-state index contributed by atoms with van der Waals surface area (Å²) in [6.45, 7) is 4.43. The van der Waals surface area contributed by atoms with Crippen molar-refractivity contribution < 1.29 is 24.9 Å². The Morgan fingerprint density at radius 1 is 1.00 bits per heavy atom. The van der Waals surface area contributed by atoms with Gasteiger partial charge in [0, 0.05) is 6.54 Å². The quantitative estimate of drug-likeness (QED) is 0.286. The fourth-order valence-electron chi connectivity index (χ4n) is 2.21. The highest BCUT2D eigenvalue weighted by molar-refractivity contribution is 5.77. The minimum atomic E-state index is -1.20. The topological polar surface area (TPSA) is 99.0 Å². The van der Waals surface area contributed by atoms with E-state index in [1.165, 1.54) is 0 Å². The molecule has 0 aromatic rings. The van der Waals surface area contributed by atoms with Gasteiger partial charge >= 0.3 is 0 Å². The van der Waals surface area contributed by atoms with Gasteiger partial charge in [0.15, 0.2) is 6.29 Å². The van der Waals surface area contributed by atoms with Crippen molar-refractivity contribution in [3.8, 4) is 0 Å². The fraction of sp³-hybridized carbons (Fsp3) is 0.938. The zero-order valence-corrected chi connectivity index (χ0v) is 14.0. The number of amides is 1. The molecule has 0 aliphatic carbocycles. The average Bonchev–Trinajstić information content (AvgIpc) is 2.49. The summed E-state index contributed by atoms with van der Waals surface area (Å²) < 4.78 is 5.43. The predicted molar refractivity (Wildman–Crippen MR) is 85.3 cm³/mol. The smallest absolute Gasteiger partial charge is 0.246 e. The Labute approximate surface area is 133 Å². The van der Waals surface area contributed by atoms with E-state index in [-0.39, 0.29) is 18.6 Å². The van der Waals surface area contributed by atoms with Gasteiger partial charge in [-0.1, -0.05) is 33.1 Å². The summed E-state index contributed by atoms with van der Waals surface area (Å²) in [7, 11) is 0. The summed E-state index contributed by atoms with van der Waals surface area (Å²) in [5.41, 5.74) is 0. The number of hydrogen-bond acceptors (Lipinski definition) is 5. The first kappa shape index (κ1) is 21.3. The van der Waals surface area contributed by atoms with Gasteiger partial charge in [0.25, 0.3) is 0 Å². The first-order valence-electron chi connectivity index (χ1n) is 8.43. The number of nitrogens with one attached hydrogen (secondary N) is 1. The van der Waals surface area contributed by atoms with Gasteiger partial charge in [0.2, 0.25) is 5.91 Å². The molecule has 0 aliphatic rings. The van der Waals surface area contributed by atoms with E-state index in [1.54, 1.807) is 0 Å². The molecule has 2 atom stereocenters. The molecule has 2 unspecified atom stereocenters. The summed E-state index contributed by atoms with van der Waals surface area (Å²) in [5, 5.41) is 29.9. The van der Waals surface area contributed by atoms with E-state index in [2.05, 4.69) is 5.32 Å². The molecular weight excluding hydrogens is 286 g/mol. The monoisotopic (exact) mass is 319 g/mol. The molecular formula is C16H33NO5. The third-order valence-corrected chi connectivity index (χ3v) is 3.64. The van der Waals surface area contributed by atoms with E-state index >= 15 is 0 Å². The number of ether oxygens (including phenoxy) is 1. The van der Waals surface area contributed by atoms with Crippen molar-refractivity contribution in [2.24, 2.45) is 0 Å². The maximum atomic E-state index is 11.6. The van der Waals surface area contributed by atoms with Crippen LogP contribution in [-0.4, -0.2) is 52.9 Å². The molecule has 6 nitrogen and oxygen atoms in total. The molecule has 0 spiro atoms. The number of hydrogen-bond donors (Lipinski definition) is 4. The van der Waals surface area contributed by atoms with Crippen molar-refractivity contribution in [1.82, 2.24) is 5.32 Å². The number of unbranched alkanes of at least 4 members (excludes halogenated alkanes) is 4. The van der Waals surface area contributed by atoms with Crippen LogP contribution in [0.1, 0.15) is 65.2 Å². The number of rotatable bonds is 14. The van der Waals surface area contributed by atoms with E-state index in [0.29, 0.717) is 25.8 Å². The van der Waals surface area contributed by atoms with Gasteiger partial charge in [-0.05, 0) is 32.1 Å².